The number of pyridine rings is 1. The fourth-order valence-electron chi connectivity index (χ4n) is 2.40. The minimum absolute atomic E-state index is 0.887. The van der Waals surface area contributed by atoms with Crippen molar-refractivity contribution in [2.24, 2.45) is 7.05 Å². The monoisotopic (exact) mass is 349 g/mol. The van der Waals surface area contributed by atoms with Gasteiger partial charge in [0.05, 0.1) is 12.7 Å². The van der Waals surface area contributed by atoms with Crippen LogP contribution in [0.5, 0.6) is 5.75 Å². The van der Waals surface area contributed by atoms with E-state index in [9.17, 15) is 0 Å². The molecular weight excluding hydrogens is 334 g/mol. The molecule has 7 heteroatoms. The third kappa shape index (κ3) is 5.16. The Hall–Kier alpha value is -2.22. The van der Waals surface area contributed by atoms with E-state index in [0.29, 0.717) is 0 Å². The highest BCUT2D eigenvalue weighted by atomic mass is 35.7. The van der Waals surface area contributed by atoms with E-state index in [1.165, 1.54) is 21.9 Å². The lowest BCUT2D eigenvalue weighted by Gasteiger charge is -2.17. The Kier molecular flexibility index (Phi) is 5.71. The molecule has 0 saturated carbocycles. The molecule has 24 heavy (non-hydrogen) atoms. The zero-order valence-electron chi connectivity index (χ0n) is 13.1. The lowest BCUT2D eigenvalue weighted by Crippen LogP contribution is -2.68. The molecule has 0 spiro atoms. The number of hydrogen-bond acceptors (Lipinski definition) is 5. The summed E-state index contributed by atoms with van der Waals surface area (Å²) in [6.45, 7) is 0. The SMILES string of the molecule is COc1ccc2c(-c3ccccc3)c[n+](C)cc2c1.[O-][Cl+3]([O-])([O-])[O-]. The van der Waals surface area contributed by atoms with Crippen LogP contribution < -0.4 is 27.9 Å². The van der Waals surface area contributed by atoms with Gasteiger partial charge in [-0.15, -0.1) is 10.2 Å². The van der Waals surface area contributed by atoms with Crippen molar-refractivity contribution in [1.29, 1.82) is 0 Å². The van der Waals surface area contributed by atoms with Crippen molar-refractivity contribution in [2.75, 3.05) is 7.11 Å². The van der Waals surface area contributed by atoms with Crippen molar-refractivity contribution in [2.45, 2.75) is 0 Å². The van der Waals surface area contributed by atoms with Gasteiger partial charge in [0.15, 0.2) is 12.4 Å². The molecule has 1 heterocycles. The average molecular weight is 350 g/mol. The predicted molar refractivity (Wildman–Crippen MR) is 77.1 cm³/mol. The molecule has 0 unspecified atom stereocenters. The number of aromatic nitrogens is 1. The van der Waals surface area contributed by atoms with Gasteiger partial charge in [-0.1, -0.05) is 30.3 Å². The number of nitrogens with zero attached hydrogens (tertiary/aromatic N) is 1. The van der Waals surface area contributed by atoms with Crippen LogP contribution in [-0.4, -0.2) is 7.11 Å². The highest BCUT2D eigenvalue weighted by Crippen LogP contribution is 2.29. The summed E-state index contributed by atoms with van der Waals surface area (Å²) in [5, 5.41) is 2.42. The normalized spacial score (nSPS) is 10.9. The van der Waals surface area contributed by atoms with E-state index in [2.05, 4.69) is 53.4 Å². The molecule has 0 aliphatic heterocycles. The van der Waals surface area contributed by atoms with E-state index in [-0.39, 0.29) is 0 Å². The van der Waals surface area contributed by atoms with Crippen LogP contribution >= 0.6 is 0 Å². The number of ether oxygens (including phenoxy) is 1. The summed E-state index contributed by atoms with van der Waals surface area (Å²) in [7, 11) is -1.20. The van der Waals surface area contributed by atoms with E-state index in [0.717, 1.165) is 5.75 Å². The van der Waals surface area contributed by atoms with Crippen molar-refractivity contribution in [1.82, 2.24) is 0 Å². The number of methoxy groups -OCH3 is 1. The molecule has 126 valence electrons. The van der Waals surface area contributed by atoms with Crippen LogP contribution in [0.15, 0.2) is 60.9 Å². The number of rotatable bonds is 2. The van der Waals surface area contributed by atoms with E-state index in [1.807, 2.05) is 19.2 Å². The zero-order chi connectivity index (χ0) is 17.7. The third-order valence-corrected chi connectivity index (χ3v) is 3.31. The fourth-order valence-corrected chi connectivity index (χ4v) is 2.40. The molecular formula is C17H16ClNO5. The second-order valence-electron chi connectivity index (χ2n) is 5.03. The number of hydrogen-bond donors (Lipinski definition) is 0. The molecule has 0 amide bonds. The molecule has 0 N–H and O–H groups in total. The first-order chi connectivity index (χ1) is 11.3. The van der Waals surface area contributed by atoms with Crippen molar-refractivity contribution in [3.63, 3.8) is 0 Å². The van der Waals surface area contributed by atoms with Gasteiger partial charge >= 0.3 is 0 Å². The van der Waals surface area contributed by atoms with Crippen LogP contribution in [0.2, 0.25) is 0 Å². The summed E-state index contributed by atoms with van der Waals surface area (Å²) in [6.07, 6.45) is 4.27. The summed E-state index contributed by atoms with van der Waals surface area (Å²) in [6, 6.07) is 16.7. The Morgan fingerprint density at radius 3 is 2.12 bits per heavy atom. The van der Waals surface area contributed by atoms with E-state index >= 15 is 0 Å². The summed E-state index contributed by atoms with van der Waals surface area (Å²) >= 11 is 0. The first kappa shape index (κ1) is 18.1. The number of fused-ring (bicyclic) bond motifs is 1. The number of aryl methyl sites for hydroxylation is 1. The maximum Gasteiger partial charge on any atom is 0.177 e. The average Bonchev–Trinajstić information content (AvgIpc) is 2.52. The molecule has 0 saturated heterocycles. The van der Waals surface area contributed by atoms with Gasteiger partial charge in [-0.3, -0.25) is 0 Å². The highest BCUT2D eigenvalue weighted by Gasteiger charge is 2.10. The maximum atomic E-state index is 8.49. The first-order valence-corrected chi connectivity index (χ1v) is 8.15. The van der Waals surface area contributed by atoms with Crippen molar-refractivity contribution in [3.05, 3.63) is 60.9 Å². The Bertz CT molecular complexity index is 812. The van der Waals surface area contributed by atoms with Crippen LogP contribution in [0.4, 0.5) is 0 Å². The topological polar surface area (TPSA) is 105 Å². The van der Waals surface area contributed by atoms with Crippen LogP contribution in [0.25, 0.3) is 21.9 Å². The van der Waals surface area contributed by atoms with E-state index < -0.39 is 10.2 Å². The predicted octanol–water partition coefficient (Wildman–Crippen LogP) is -1.42. The molecule has 0 fully saturated rings. The Morgan fingerprint density at radius 2 is 1.54 bits per heavy atom. The Labute approximate surface area is 141 Å². The first-order valence-electron chi connectivity index (χ1n) is 6.92. The third-order valence-electron chi connectivity index (χ3n) is 3.31. The van der Waals surface area contributed by atoms with Gasteiger partial charge in [0.2, 0.25) is 0 Å². The largest absolute Gasteiger partial charge is 0.497 e. The lowest BCUT2D eigenvalue weighted by atomic mass is 10.0. The summed E-state index contributed by atoms with van der Waals surface area (Å²) < 4.78 is 41.4. The van der Waals surface area contributed by atoms with Crippen molar-refractivity contribution < 1.29 is 38.2 Å². The van der Waals surface area contributed by atoms with Gasteiger partial charge in [-0.2, -0.15) is 0 Å². The quantitative estimate of drug-likeness (QED) is 0.528. The standard InChI is InChI=1S/C17H16NO.ClHO4/c1-18-11-14-10-15(19-2)8-9-16(14)17(12-18)13-6-4-3-5-7-13;2-1(3,4)5/h3-12H,1-2H3;(H,2,3,4,5)/q+1;/p-1. The minimum Gasteiger partial charge on any atom is -0.497 e. The molecule has 6 nitrogen and oxygen atoms in total. The van der Waals surface area contributed by atoms with Gasteiger partial charge in [-0.25, -0.2) is 23.2 Å². The van der Waals surface area contributed by atoms with Crippen molar-refractivity contribution in [3.8, 4) is 16.9 Å². The number of halogens is 1. The van der Waals surface area contributed by atoms with Crippen LogP contribution in [0.3, 0.4) is 0 Å². The number of benzene rings is 2. The molecule has 2 aromatic carbocycles. The van der Waals surface area contributed by atoms with Gasteiger partial charge in [-0.05, 0) is 23.8 Å². The van der Waals surface area contributed by atoms with Crippen LogP contribution in [-0.2, 0) is 7.05 Å². The Morgan fingerprint density at radius 1 is 0.917 bits per heavy atom. The molecule has 0 aliphatic rings. The zero-order valence-corrected chi connectivity index (χ0v) is 13.9. The molecule has 3 aromatic rings. The summed E-state index contributed by atoms with van der Waals surface area (Å²) in [5.74, 6) is 0.887. The van der Waals surface area contributed by atoms with Gasteiger partial charge in [0.25, 0.3) is 0 Å². The smallest absolute Gasteiger partial charge is 0.177 e. The minimum atomic E-state index is -4.94. The summed E-state index contributed by atoms with van der Waals surface area (Å²) in [5.41, 5.74) is 2.47. The van der Waals surface area contributed by atoms with Gasteiger partial charge in [0.1, 0.15) is 12.8 Å². The fraction of sp³-hybridized carbons (Fsp3) is 0.118. The van der Waals surface area contributed by atoms with Gasteiger partial charge < -0.3 is 4.74 Å². The molecule has 0 aliphatic carbocycles. The second-order valence-corrected chi connectivity index (χ2v) is 5.79. The van der Waals surface area contributed by atoms with Crippen molar-refractivity contribution >= 4 is 10.8 Å². The highest BCUT2D eigenvalue weighted by molar-refractivity contribution is 5.95. The molecule has 0 bridgehead atoms. The molecule has 1 aromatic heterocycles. The Balaban J connectivity index is 0.000000368. The van der Waals surface area contributed by atoms with Crippen LogP contribution in [0.1, 0.15) is 0 Å². The van der Waals surface area contributed by atoms with Gasteiger partial charge in [0, 0.05) is 10.8 Å². The molecule has 0 radical (unpaired) electrons. The van der Waals surface area contributed by atoms with Crippen LogP contribution in [0, 0.1) is 10.2 Å². The summed E-state index contributed by atoms with van der Waals surface area (Å²) in [4.78, 5) is 0. The maximum absolute atomic E-state index is 8.49. The molecule has 0 atom stereocenters. The lowest BCUT2D eigenvalue weighted by molar-refractivity contribution is -2.00. The molecule has 3 rings (SSSR count). The van der Waals surface area contributed by atoms with E-state index in [1.54, 1.807) is 7.11 Å². The second kappa shape index (κ2) is 7.57. The van der Waals surface area contributed by atoms with E-state index in [4.69, 9.17) is 23.4 Å².